The zero-order valence-electron chi connectivity index (χ0n) is 11.8. The van der Waals surface area contributed by atoms with E-state index in [1.807, 2.05) is 17.1 Å². The Bertz CT molecular complexity index is 795. The molecule has 3 heterocycles. The van der Waals surface area contributed by atoms with Gasteiger partial charge >= 0.3 is 5.76 Å². The number of carbonyl (C=O) groups excluding carboxylic acids is 1. The number of amides is 1. The summed E-state index contributed by atoms with van der Waals surface area (Å²) in [5.41, 5.74) is 0. The van der Waals surface area contributed by atoms with E-state index >= 15 is 0 Å². The Morgan fingerprint density at radius 2 is 2.23 bits per heavy atom. The van der Waals surface area contributed by atoms with Crippen LogP contribution < -0.4 is 20.7 Å². The van der Waals surface area contributed by atoms with Crippen molar-refractivity contribution in [2.75, 3.05) is 29.4 Å². The van der Waals surface area contributed by atoms with E-state index in [0.717, 1.165) is 15.9 Å². The van der Waals surface area contributed by atoms with Crippen molar-refractivity contribution in [3.63, 3.8) is 0 Å². The van der Waals surface area contributed by atoms with Gasteiger partial charge in [-0.2, -0.15) is 9.97 Å². The molecule has 0 fully saturated rings. The van der Waals surface area contributed by atoms with Crippen molar-refractivity contribution in [2.24, 2.45) is 0 Å². The zero-order chi connectivity index (χ0) is 15.7. The smallest absolute Gasteiger partial charge is 0.462 e. The lowest BCUT2D eigenvalue weighted by molar-refractivity contribution is -0.246. The number of fused-ring (bicyclic) bond motifs is 1. The van der Waals surface area contributed by atoms with Crippen molar-refractivity contribution in [3.8, 4) is 0 Å². The van der Waals surface area contributed by atoms with Gasteiger partial charge in [-0.1, -0.05) is 16.7 Å². The number of anilines is 2. The molecule has 116 valence electrons. The Morgan fingerprint density at radius 1 is 1.41 bits per heavy atom. The van der Waals surface area contributed by atoms with Crippen molar-refractivity contribution >= 4 is 23.8 Å². The number of hydrogen-bond donors (Lipinski definition) is 0. The summed E-state index contributed by atoms with van der Waals surface area (Å²) in [4.78, 5) is 37.3. The van der Waals surface area contributed by atoms with Crippen molar-refractivity contribution < 1.29 is 14.4 Å². The van der Waals surface area contributed by atoms with Crippen LogP contribution in [-0.4, -0.2) is 45.3 Å². The third-order valence-electron chi connectivity index (χ3n) is 3.24. The van der Waals surface area contributed by atoms with E-state index in [0.29, 0.717) is 13.1 Å². The Labute approximate surface area is 124 Å². The molecule has 0 radical (unpaired) electrons. The van der Waals surface area contributed by atoms with Crippen LogP contribution in [0.1, 0.15) is 13.3 Å². The number of carboxylic acid groups (broad SMARTS) is 1. The van der Waals surface area contributed by atoms with E-state index in [1.165, 1.54) is 0 Å². The molecular formula is C12H13N6O4-. The van der Waals surface area contributed by atoms with Crippen molar-refractivity contribution in [1.82, 2.24) is 19.5 Å². The van der Waals surface area contributed by atoms with E-state index in [2.05, 4.69) is 15.0 Å². The van der Waals surface area contributed by atoms with Gasteiger partial charge in [0.25, 0.3) is 11.7 Å². The molecule has 0 unspecified atom stereocenters. The van der Waals surface area contributed by atoms with Gasteiger partial charge in [0.1, 0.15) is 6.09 Å². The standard InChI is InChI=1S/C12H14N6O4/c1-2-17(12(20)21)10-14-8(16-6-4-3-5-7-16)13-9-15-11(19)22-18(9)10/h3-4H,2,5-7H2,1H3,(H,20,21)/p-1. The molecule has 10 nitrogen and oxygen atoms in total. The predicted molar refractivity (Wildman–Crippen MR) is 73.7 cm³/mol. The van der Waals surface area contributed by atoms with E-state index in [-0.39, 0.29) is 24.2 Å². The van der Waals surface area contributed by atoms with E-state index in [9.17, 15) is 14.7 Å². The monoisotopic (exact) mass is 305 g/mol. The molecule has 22 heavy (non-hydrogen) atoms. The number of carbonyl (C=O) groups is 1. The number of aromatic nitrogens is 4. The Balaban J connectivity index is 2.17. The van der Waals surface area contributed by atoms with Crippen LogP contribution in [0.2, 0.25) is 0 Å². The Hall–Kier alpha value is -2.91. The summed E-state index contributed by atoms with van der Waals surface area (Å²) >= 11 is 0. The van der Waals surface area contributed by atoms with Gasteiger partial charge < -0.3 is 19.3 Å². The minimum atomic E-state index is -1.46. The molecule has 2 aromatic rings. The number of rotatable bonds is 3. The Kier molecular flexibility index (Phi) is 3.49. The molecule has 0 saturated carbocycles. The SMILES string of the molecule is CCN(C(=O)[O-])c1nc(N2CC=CCC2)nc2nc(=O)on12. The molecule has 0 aromatic carbocycles. The third kappa shape index (κ3) is 2.38. The topological polar surface area (TPSA) is 120 Å². The third-order valence-corrected chi connectivity index (χ3v) is 3.24. The van der Waals surface area contributed by atoms with Gasteiger partial charge in [-0.25, -0.2) is 4.79 Å². The van der Waals surface area contributed by atoms with Gasteiger partial charge in [-0.15, -0.1) is 4.98 Å². The average molecular weight is 305 g/mol. The maximum absolute atomic E-state index is 11.3. The highest BCUT2D eigenvalue weighted by Gasteiger charge is 2.21. The van der Waals surface area contributed by atoms with Gasteiger partial charge in [0.05, 0.1) is 0 Å². The lowest BCUT2D eigenvalue weighted by atomic mass is 10.3. The second-order valence-electron chi connectivity index (χ2n) is 4.60. The van der Waals surface area contributed by atoms with Gasteiger partial charge in [-0.3, -0.25) is 4.90 Å². The van der Waals surface area contributed by atoms with Crippen LogP contribution in [-0.2, 0) is 0 Å². The summed E-state index contributed by atoms with van der Waals surface area (Å²) in [6.45, 7) is 2.97. The zero-order valence-corrected chi connectivity index (χ0v) is 11.8. The first-order chi connectivity index (χ1) is 10.6. The second-order valence-corrected chi connectivity index (χ2v) is 4.60. The normalized spacial score (nSPS) is 14.5. The predicted octanol–water partition coefficient (Wildman–Crippen LogP) is -0.987. The summed E-state index contributed by atoms with van der Waals surface area (Å²) < 4.78 is 5.73. The number of nitrogens with zero attached hydrogens (tertiary/aromatic N) is 6. The molecule has 0 aliphatic carbocycles. The van der Waals surface area contributed by atoms with Gasteiger partial charge in [0.15, 0.2) is 0 Å². The second kappa shape index (κ2) is 5.47. The van der Waals surface area contributed by atoms with E-state index < -0.39 is 11.8 Å². The molecule has 1 aliphatic rings. The van der Waals surface area contributed by atoms with E-state index in [1.54, 1.807) is 6.92 Å². The highest BCUT2D eigenvalue weighted by atomic mass is 16.5. The lowest BCUT2D eigenvalue weighted by Gasteiger charge is -2.26. The molecule has 1 amide bonds. The average Bonchev–Trinajstić information content (AvgIpc) is 2.88. The minimum absolute atomic E-state index is 0.0424. The first kappa shape index (κ1) is 14.0. The van der Waals surface area contributed by atoms with Crippen LogP contribution in [0.4, 0.5) is 16.7 Å². The quantitative estimate of drug-likeness (QED) is 0.663. The fraction of sp³-hybridized carbons (Fsp3) is 0.417. The molecule has 0 bridgehead atoms. The van der Waals surface area contributed by atoms with Crippen LogP contribution in [0.15, 0.2) is 21.5 Å². The summed E-state index contributed by atoms with van der Waals surface area (Å²) in [5.74, 6) is -0.737. The van der Waals surface area contributed by atoms with Crippen LogP contribution in [0, 0.1) is 0 Å². The molecular weight excluding hydrogens is 292 g/mol. The number of hydrogen-bond acceptors (Lipinski definition) is 8. The molecule has 0 saturated heterocycles. The van der Waals surface area contributed by atoms with Gasteiger partial charge in [-0.05, 0) is 13.3 Å². The first-order valence-electron chi connectivity index (χ1n) is 6.76. The van der Waals surface area contributed by atoms with Crippen molar-refractivity contribution in [3.05, 3.63) is 22.7 Å². The summed E-state index contributed by atoms with van der Waals surface area (Å²) in [7, 11) is 0. The molecule has 1 aliphatic heterocycles. The van der Waals surface area contributed by atoms with Crippen LogP contribution in [0.5, 0.6) is 0 Å². The molecule has 0 N–H and O–H groups in total. The van der Waals surface area contributed by atoms with Gasteiger partial charge in [0.2, 0.25) is 5.95 Å². The van der Waals surface area contributed by atoms with Crippen LogP contribution in [0.3, 0.4) is 0 Å². The summed E-state index contributed by atoms with van der Waals surface area (Å²) in [6, 6.07) is 0. The highest BCUT2D eigenvalue weighted by Crippen LogP contribution is 2.18. The fourth-order valence-corrected chi connectivity index (χ4v) is 2.20. The van der Waals surface area contributed by atoms with Crippen molar-refractivity contribution in [1.29, 1.82) is 0 Å². The largest absolute Gasteiger partial charge is 0.530 e. The fourth-order valence-electron chi connectivity index (χ4n) is 2.20. The minimum Gasteiger partial charge on any atom is -0.530 e. The first-order valence-corrected chi connectivity index (χ1v) is 6.76. The summed E-state index contributed by atoms with van der Waals surface area (Å²) in [6.07, 6.45) is 3.37. The lowest BCUT2D eigenvalue weighted by Crippen LogP contribution is -2.43. The molecule has 2 aromatic heterocycles. The van der Waals surface area contributed by atoms with Crippen LogP contribution >= 0.6 is 0 Å². The molecule has 0 spiro atoms. The molecule has 0 atom stereocenters. The van der Waals surface area contributed by atoms with Crippen LogP contribution in [0.25, 0.3) is 5.78 Å². The highest BCUT2D eigenvalue weighted by molar-refractivity contribution is 5.82. The molecule has 10 heteroatoms. The Morgan fingerprint density at radius 3 is 2.86 bits per heavy atom. The maximum atomic E-state index is 11.3. The maximum Gasteiger partial charge on any atom is 0.462 e. The summed E-state index contributed by atoms with van der Waals surface area (Å²) in [5, 5.41) is 11.2. The molecule has 3 rings (SSSR count). The van der Waals surface area contributed by atoms with E-state index in [4.69, 9.17) is 4.52 Å². The van der Waals surface area contributed by atoms with Gasteiger partial charge in [0, 0.05) is 19.6 Å². The van der Waals surface area contributed by atoms with Crippen molar-refractivity contribution in [2.45, 2.75) is 13.3 Å².